The smallest absolute Gasteiger partial charge is 0.363 e. The minimum atomic E-state index is -0.440. The second kappa shape index (κ2) is 6.10. The van der Waals surface area contributed by atoms with Gasteiger partial charge in [0, 0.05) is 5.56 Å². The number of aliphatic imine (C=N–C) groups is 1. The molecular formula is C20H14ClNO2. The molecule has 0 fully saturated rings. The van der Waals surface area contributed by atoms with Gasteiger partial charge in [-0.3, -0.25) is 0 Å². The topological polar surface area (TPSA) is 38.7 Å². The first-order valence-corrected chi connectivity index (χ1v) is 8.15. The number of hydrogen-bond acceptors (Lipinski definition) is 3. The molecule has 0 radical (unpaired) electrons. The van der Waals surface area contributed by atoms with Crippen LogP contribution in [0.4, 0.5) is 0 Å². The summed E-state index contributed by atoms with van der Waals surface area (Å²) in [5.74, 6) is -0.107. The van der Waals surface area contributed by atoms with Gasteiger partial charge in [0.25, 0.3) is 0 Å². The fourth-order valence-corrected chi connectivity index (χ4v) is 3.25. The van der Waals surface area contributed by atoms with Gasteiger partial charge in [0.1, 0.15) is 0 Å². The number of halogens is 1. The van der Waals surface area contributed by atoms with E-state index in [9.17, 15) is 4.79 Å². The van der Waals surface area contributed by atoms with Crippen molar-refractivity contribution in [1.29, 1.82) is 0 Å². The van der Waals surface area contributed by atoms with E-state index >= 15 is 0 Å². The Kier molecular flexibility index (Phi) is 3.79. The van der Waals surface area contributed by atoms with E-state index in [2.05, 4.69) is 11.1 Å². The molecule has 2 aromatic carbocycles. The number of cyclic esters (lactones) is 1. The van der Waals surface area contributed by atoms with Gasteiger partial charge in [-0.1, -0.05) is 54.1 Å². The number of carbonyl (C=O) groups excluding carboxylic acids is 1. The third-order valence-electron chi connectivity index (χ3n) is 4.15. The Morgan fingerprint density at radius 2 is 1.75 bits per heavy atom. The van der Waals surface area contributed by atoms with Gasteiger partial charge >= 0.3 is 5.97 Å². The molecule has 24 heavy (non-hydrogen) atoms. The number of hydrogen-bond donors (Lipinski definition) is 0. The van der Waals surface area contributed by atoms with E-state index in [1.54, 1.807) is 6.08 Å². The lowest BCUT2D eigenvalue weighted by Gasteiger charge is -2.17. The summed E-state index contributed by atoms with van der Waals surface area (Å²) in [7, 11) is 0. The quantitative estimate of drug-likeness (QED) is 0.600. The van der Waals surface area contributed by atoms with Crippen molar-refractivity contribution in [2.24, 2.45) is 4.99 Å². The molecule has 0 amide bonds. The third kappa shape index (κ3) is 2.68. The molecule has 1 aliphatic heterocycles. The van der Waals surface area contributed by atoms with Gasteiger partial charge in [-0.25, -0.2) is 9.79 Å². The van der Waals surface area contributed by atoms with Crippen LogP contribution < -0.4 is 0 Å². The zero-order valence-electron chi connectivity index (χ0n) is 12.8. The minimum absolute atomic E-state index is 0.293. The van der Waals surface area contributed by atoms with Crippen molar-refractivity contribution in [3.63, 3.8) is 0 Å². The Hall–Kier alpha value is -2.65. The number of rotatable bonds is 2. The predicted molar refractivity (Wildman–Crippen MR) is 94.7 cm³/mol. The standard InChI is InChI=1S/C20H14ClNO2/c21-18-15(11-10-13-6-4-5-9-16(13)18)12-17-20(23)24-19(22-17)14-7-2-1-3-8-14/h1-9,12H,10-11H2/b17-12-. The van der Waals surface area contributed by atoms with Crippen LogP contribution >= 0.6 is 11.6 Å². The molecule has 1 heterocycles. The van der Waals surface area contributed by atoms with Crippen LogP contribution in [0.2, 0.25) is 0 Å². The maximum absolute atomic E-state index is 12.1. The van der Waals surface area contributed by atoms with E-state index in [1.807, 2.05) is 48.5 Å². The van der Waals surface area contributed by atoms with Crippen molar-refractivity contribution in [2.45, 2.75) is 12.8 Å². The predicted octanol–water partition coefficient (Wildman–Crippen LogP) is 4.47. The summed E-state index contributed by atoms with van der Waals surface area (Å²) >= 11 is 6.53. The normalized spacial score (nSPS) is 18.5. The van der Waals surface area contributed by atoms with Gasteiger partial charge < -0.3 is 4.74 Å². The molecule has 0 N–H and O–H groups in total. The third-order valence-corrected chi connectivity index (χ3v) is 4.60. The van der Waals surface area contributed by atoms with E-state index in [0.29, 0.717) is 16.6 Å². The highest BCUT2D eigenvalue weighted by Gasteiger charge is 2.25. The van der Waals surface area contributed by atoms with Crippen LogP contribution in [-0.2, 0) is 16.0 Å². The zero-order valence-corrected chi connectivity index (χ0v) is 13.6. The van der Waals surface area contributed by atoms with Crippen molar-refractivity contribution < 1.29 is 9.53 Å². The average Bonchev–Trinajstić information content (AvgIpc) is 2.99. The monoisotopic (exact) mass is 335 g/mol. The molecule has 0 saturated heterocycles. The van der Waals surface area contributed by atoms with Crippen LogP contribution in [0.1, 0.15) is 23.1 Å². The molecule has 4 heteroatoms. The highest BCUT2D eigenvalue weighted by molar-refractivity contribution is 6.49. The second-order valence-electron chi connectivity index (χ2n) is 5.70. The molecule has 4 rings (SSSR count). The molecule has 0 atom stereocenters. The lowest BCUT2D eigenvalue weighted by atomic mass is 9.91. The molecular weight excluding hydrogens is 322 g/mol. The Labute approximate surface area is 144 Å². The Morgan fingerprint density at radius 1 is 1.00 bits per heavy atom. The summed E-state index contributed by atoms with van der Waals surface area (Å²) < 4.78 is 5.28. The molecule has 2 aliphatic rings. The summed E-state index contributed by atoms with van der Waals surface area (Å²) in [6.07, 6.45) is 3.43. The molecule has 3 nitrogen and oxygen atoms in total. The summed E-state index contributed by atoms with van der Waals surface area (Å²) in [6, 6.07) is 17.4. The summed E-state index contributed by atoms with van der Waals surface area (Å²) in [4.78, 5) is 16.5. The van der Waals surface area contributed by atoms with E-state index in [0.717, 1.165) is 29.5 Å². The lowest BCUT2D eigenvalue weighted by molar-refractivity contribution is -0.130. The summed E-state index contributed by atoms with van der Waals surface area (Å²) in [5, 5.41) is 0.681. The van der Waals surface area contributed by atoms with Crippen molar-refractivity contribution in [1.82, 2.24) is 0 Å². The van der Waals surface area contributed by atoms with Gasteiger partial charge in [0.2, 0.25) is 5.90 Å². The first kappa shape index (κ1) is 14.9. The van der Waals surface area contributed by atoms with E-state index in [4.69, 9.17) is 16.3 Å². The van der Waals surface area contributed by atoms with E-state index in [1.165, 1.54) is 5.56 Å². The number of benzene rings is 2. The number of fused-ring (bicyclic) bond motifs is 1. The number of esters is 1. The summed E-state index contributed by atoms with van der Waals surface area (Å²) in [5.41, 5.74) is 4.24. The number of aryl methyl sites for hydroxylation is 1. The van der Waals surface area contributed by atoms with Crippen LogP contribution in [-0.4, -0.2) is 11.9 Å². The van der Waals surface area contributed by atoms with E-state index < -0.39 is 5.97 Å². The highest BCUT2D eigenvalue weighted by atomic mass is 35.5. The molecule has 0 bridgehead atoms. The number of nitrogens with zero attached hydrogens (tertiary/aromatic N) is 1. The van der Waals surface area contributed by atoms with Gasteiger partial charge in [-0.05, 0) is 47.8 Å². The highest BCUT2D eigenvalue weighted by Crippen LogP contribution is 2.35. The van der Waals surface area contributed by atoms with Crippen LogP contribution in [0.3, 0.4) is 0 Å². The first-order chi connectivity index (χ1) is 11.7. The maximum atomic E-state index is 12.1. The fraction of sp³-hybridized carbons (Fsp3) is 0.100. The van der Waals surface area contributed by atoms with Crippen LogP contribution in [0.15, 0.2) is 76.9 Å². The molecule has 2 aromatic rings. The summed E-state index contributed by atoms with van der Waals surface area (Å²) in [6.45, 7) is 0. The van der Waals surface area contributed by atoms with Crippen LogP contribution in [0.25, 0.3) is 5.03 Å². The van der Waals surface area contributed by atoms with Gasteiger partial charge in [-0.2, -0.15) is 0 Å². The van der Waals surface area contributed by atoms with Gasteiger partial charge in [-0.15, -0.1) is 0 Å². The molecule has 0 unspecified atom stereocenters. The van der Waals surface area contributed by atoms with Crippen molar-refractivity contribution in [3.8, 4) is 0 Å². The molecule has 0 saturated carbocycles. The minimum Gasteiger partial charge on any atom is -0.402 e. The number of carbonyl (C=O) groups is 1. The Morgan fingerprint density at radius 3 is 2.58 bits per heavy atom. The Bertz CT molecular complexity index is 910. The zero-order chi connectivity index (χ0) is 16.5. The van der Waals surface area contributed by atoms with Gasteiger partial charge in [0.05, 0.1) is 5.03 Å². The molecule has 0 spiro atoms. The van der Waals surface area contributed by atoms with Crippen LogP contribution in [0, 0.1) is 0 Å². The Balaban J connectivity index is 1.71. The lowest BCUT2D eigenvalue weighted by Crippen LogP contribution is -2.05. The molecule has 1 aliphatic carbocycles. The first-order valence-electron chi connectivity index (χ1n) is 7.77. The SMILES string of the molecule is O=C1OC(c2ccccc2)=N/C1=C\C1=C(Cl)c2ccccc2CC1. The number of allylic oxidation sites excluding steroid dienone is 2. The fourth-order valence-electron chi connectivity index (χ4n) is 2.92. The number of ether oxygens (including phenoxy) is 1. The largest absolute Gasteiger partial charge is 0.402 e. The van der Waals surface area contributed by atoms with Crippen molar-refractivity contribution in [3.05, 3.63) is 88.6 Å². The second-order valence-corrected chi connectivity index (χ2v) is 6.08. The van der Waals surface area contributed by atoms with E-state index in [-0.39, 0.29) is 0 Å². The van der Waals surface area contributed by atoms with Crippen LogP contribution in [0.5, 0.6) is 0 Å². The molecule has 118 valence electrons. The maximum Gasteiger partial charge on any atom is 0.363 e. The van der Waals surface area contributed by atoms with Crippen molar-refractivity contribution >= 4 is 28.5 Å². The van der Waals surface area contributed by atoms with Gasteiger partial charge in [0.15, 0.2) is 5.70 Å². The van der Waals surface area contributed by atoms with Crippen molar-refractivity contribution in [2.75, 3.05) is 0 Å². The molecule has 0 aromatic heterocycles. The average molecular weight is 336 g/mol.